The average molecular weight is 221 g/mol. The van der Waals surface area contributed by atoms with Crippen LogP contribution < -0.4 is 4.90 Å². The van der Waals surface area contributed by atoms with E-state index in [1.807, 2.05) is 11.9 Å². The third kappa shape index (κ3) is 1.82. The minimum atomic E-state index is -0.304. The van der Waals surface area contributed by atoms with Crippen LogP contribution in [-0.4, -0.2) is 18.9 Å². The van der Waals surface area contributed by atoms with Crippen LogP contribution in [0.1, 0.15) is 36.5 Å². The fraction of sp³-hybridized carbons (Fsp3) is 0.462. The van der Waals surface area contributed by atoms with Crippen molar-refractivity contribution in [1.29, 1.82) is 0 Å². The number of nitrogens with zero attached hydrogens (tertiary/aromatic N) is 1. The molecule has 2 nitrogen and oxygen atoms in total. The van der Waals surface area contributed by atoms with Crippen molar-refractivity contribution in [3.05, 3.63) is 29.6 Å². The van der Waals surface area contributed by atoms with E-state index in [2.05, 4.69) is 0 Å². The van der Waals surface area contributed by atoms with E-state index < -0.39 is 0 Å². The van der Waals surface area contributed by atoms with E-state index in [1.54, 1.807) is 12.1 Å². The number of ketones is 1. The van der Waals surface area contributed by atoms with Crippen molar-refractivity contribution in [3.8, 4) is 0 Å². The van der Waals surface area contributed by atoms with Crippen molar-refractivity contribution in [2.45, 2.75) is 32.2 Å². The van der Waals surface area contributed by atoms with Gasteiger partial charge in [-0.05, 0) is 38.3 Å². The van der Waals surface area contributed by atoms with Crippen LogP contribution in [0.25, 0.3) is 0 Å². The molecule has 16 heavy (non-hydrogen) atoms. The van der Waals surface area contributed by atoms with Crippen LogP contribution in [0.3, 0.4) is 0 Å². The number of hydrogen-bond acceptors (Lipinski definition) is 2. The average Bonchev–Trinajstić information content (AvgIpc) is 2.14. The van der Waals surface area contributed by atoms with Crippen molar-refractivity contribution in [2.75, 3.05) is 11.9 Å². The second kappa shape index (κ2) is 4.24. The lowest BCUT2D eigenvalue weighted by Crippen LogP contribution is -2.38. The van der Waals surface area contributed by atoms with Gasteiger partial charge in [-0.3, -0.25) is 4.79 Å². The van der Waals surface area contributed by atoms with Gasteiger partial charge in [0.1, 0.15) is 5.82 Å². The number of carbonyl (C=O) groups is 1. The molecule has 1 aromatic carbocycles. The predicted molar refractivity (Wildman–Crippen MR) is 62.4 cm³/mol. The third-order valence-electron chi connectivity index (χ3n) is 3.34. The molecular weight excluding hydrogens is 205 g/mol. The van der Waals surface area contributed by atoms with E-state index in [4.69, 9.17) is 0 Å². The van der Waals surface area contributed by atoms with Gasteiger partial charge in [0.2, 0.25) is 0 Å². The zero-order chi connectivity index (χ0) is 11.7. The maximum atomic E-state index is 13.8. The zero-order valence-electron chi connectivity index (χ0n) is 9.66. The summed E-state index contributed by atoms with van der Waals surface area (Å²) in [5.41, 5.74) is 0.939. The Morgan fingerprint density at radius 3 is 2.62 bits per heavy atom. The van der Waals surface area contributed by atoms with E-state index in [-0.39, 0.29) is 11.6 Å². The highest BCUT2D eigenvalue weighted by Gasteiger charge is 2.26. The Labute approximate surface area is 95.1 Å². The van der Waals surface area contributed by atoms with Crippen molar-refractivity contribution in [1.82, 2.24) is 0 Å². The van der Waals surface area contributed by atoms with Crippen LogP contribution in [0.5, 0.6) is 0 Å². The van der Waals surface area contributed by atoms with E-state index >= 15 is 0 Å². The fourth-order valence-electron chi connectivity index (χ4n) is 2.11. The standard InChI is InChI=1S/C13H16FNO/c1-9(16)11-7-4-8-12(14)13(11)15(2)10-5-3-6-10/h4,7-8,10H,3,5-6H2,1-2H3. The monoisotopic (exact) mass is 221 g/mol. The molecule has 0 spiro atoms. The summed E-state index contributed by atoms with van der Waals surface area (Å²) in [6.45, 7) is 1.48. The number of halogens is 1. The summed E-state index contributed by atoms with van der Waals surface area (Å²) in [5.74, 6) is -0.386. The molecule has 0 aliphatic heterocycles. The molecule has 0 radical (unpaired) electrons. The van der Waals surface area contributed by atoms with Gasteiger partial charge in [-0.15, -0.1) is 0 Å². The highest BCUT2D eigenvalue weighted by atomic mass is 19.1. The van der Waals surface area contributed by atoms with Gasteiger partial charge < -0.3 is 4.90 Å². The quantitative estimate of drug-likeness (QED) is 0.731. The highest BCUT2D eigenvalue weighted by Crippen LogP contribution is 2.32. The SMILES string of the molecule is CC(=O)c1cccc(F)c1N(C)C1CCC1. The van der Waals surface area contributed by atoms with Crippen LogP contribution in [0, 0.1) is 5.82 Å². The van der Waals surface area contributed by atoms with Crippen molar-refractivity contribution in [2.24, 2.45) is 0 Å². The fourth-order valence-corrected chi connectivity index (χ4v) is 2.11. The van der Waals surface area contributed by atoms with E-state index in [0.717, 1.165) is 12.8 Å². The zero-order valence-corrected chi connectivity index (χ0v) is 9.66. The summed E-state index contributed by atoms with van der Waals surface area (Å²) in [6.07, 6.45) is 3.36. The Kier molecular flexibility index (Phi) is 2.95. The molecule has 0 N–H and O–H groups in total. The molecule has 1 aliphatic carbocycles. The second-order valence-corrected chi connectivity index (χ2v) is 4.39. The first kappa shape index (κ1) is 11.1. The van der Waals surface area contributed by atoms with Gasteiger partial charge in [0, 0.05) is 18.7 Å². The summed E-state index contributed by atoms with van der Waals surface area (Å²) in [4.78, 5) is 13.4. The second-order valence-electron chi connectivity index (χ2n) is 4.39. The molecule has 0 heterocycles. The smallest absolute Gasteiger partial charge is 0.161 e. The lowest BCUT2D eigenvalue weighted by Gasteiger charge is -2.37. The van der Waals surface area contributed by atoms with Gasteiger partial charge in [-0.2, -0.15) is 0 Å². The van der Waals surface area contributed by atoms with Crippen LogP contribution in [0.4, 0.5) is 10.1 Å². The molecule has 0 bridgehead atoms. The lowest BCUT2D eigenvalue weighted by atomic mass is 9.91. The van der Waals surface area contributed by atoms with Gasteiger partial charge in [-0.1, -0.05) is 6.07 Å². The van der Waals surface area contributed by atoms with Gasteiger partial charge in [0.25, 0.3) is 0 Å². The Morgan fingerprint density at radius 1 is 1.44 bits per heavy atom. The molecule has 3 heteroatoms. The molecule has 0 amide bonds. The molecule has 0 saturated heterocycles. The molecule has 0 atom stereocenters. The van der Waals surface area contributed by atoms with Crippen molar-refractivity contribution in [3.63, 3.8) is 0 Å². The summed E-state index contributed by atoms with van der Waals surface area (Å²) in [7, 11) is 1.87. The molecule has 1 aromatic rings. The van der Waals surface area contributed by atoms with Gasteiger partial charge >= 0.3 is 0 Å². The molecule has 0 unspecified atom stereocenters. The number of hydrogen-bond donors (Lipinski definition) is 0. The third-order valence-corrected chi connectivity index (χ3v) is 3.34. The minimum Gasteiger partial charge on any atom is -0.369 e. The number of benzene rings is 1. The summed E-state index contributed by atoms with van der Waals surface area (Å²) >= 11 is 0. The topological polar surface area (TPSA) is 20.3 Å². The molecule has 2 rings (SSSR count). The van der Waals surface area contributed by atoms with Crippen molar-refractivity contribution >= 4 is 11.5 Å². The van der Waals surface area contributed by atoms with Gasteiger partial charge in [0.15, 0.2) is 5.78 Å². The first-order valence-corrected chi connectivity index (χ1v) is 5.63. The largest absolute Gasteiger partial charge is 0.369 e. The lowest BCUT2D eigenvalue weighted by molar-refractivity contribution is 0.101. The molecule has 1 saturated carbocycles. The summed E-state index contributed by atoms with van der Waals surface area (Å²) < 4.78 is 13.8. The normalized spacial score (nSPS) is 15.7. The predicted octanol–water partition coefficient (Wildman–Crippen LogP) is 3.02. The van der Waals surface area contributed by atoms with E-state index in [0.29, 0.717) is 17.3 Å². The number of carbonyl (C=O) groups excluding carboxylic acids is 1. The maximum Gasteiger partial charge on any atom is 0.161 e. The maximum absolute atomic E-state index is 13.8. The first-order valence-electron chi connectivity index (χ1n) is 5.63. The van der Waals surface area contributed by atoms with Gasteiger partial charge in [0.05, 0.1) is 5.69 Å². The molecule has 86 valence electrons. The highest BCUT2D eigenvalue weighted by molar-refractivity contribution is 5.99. The van der Waals surface area contributed by atoms with E-state index in [9.17, 15) is 9.18 Å². The summed E-state index contributed by atoms with van der Waals surface area (Å²) in [5, 5.41) is 0. The van der Waals surface area contributed by atoms with Crippen LogP contribution >= 0.6 is 0 Å². The number of Topliss-reactive ketones (excluding diaryl/α,β-unsaturated/α-hetero) is 1. The Balaban J connectivity index is 2.40. The number of rotatable bonds is 3. The molecule has 1 fully saturated rings. The molecule has 1 aliphatic rings. The van der Waals surface area contributed by atoms with E-state index in [1.165, 1.54) is 19.4 Å². The molecule has 0 aromatic heterocycles. The number of anilines is 1. The Bertz CT molecular complexity index is 412. The minimum absolute atomic E-state index is 0.0827. The Morgan fingerprint density at radius 2 is 2.12 bits per heavy atom. The van der Waals surface area contributed by atoms with Crippen LogP contribution in [0.15, 0.2) is 18.2 Å². The Hall–Kier alpha value is -1.38. The van der Waals surface area contributed by atoms with Crippen molar-refractivity contribution < 1.29 is 9.18 Å². The van der Waals surface area contributed by atoms with Crippen LogP contribution in [-0.2, 0) is 0 Å². The van der Waals surface area contributed by atoms with Gasteiger partial charge in [-0.25, -0.2) is 4.39 Å². The summed E-state index contributed by atoms with van der Waals surface area (Å²) in [6, 6.07) is 5.08. The van der Waals surface area contributed by atoms with Crippen LogP contribution in [0.2, 0.25) is 0 Å². The molecular formula is C13H16FNO. The first-order chi connectivity index (χ1) is 7.61. The number of para-hydroxylation sites is 1.